The molecule has 28 heavy (non-hydrogen) atoms. The molecule has 1 saturated heterocycles. The summed E-state index contributed by atoms with van der Waals surface area (Å²) in [5, 5.41) is 8.96. The van der Waals surface area contributed by atoms with Gasteiger partial charge in [0.15, 0.2) is 5.82 Å². The van der Waals surface area contributed by atoms with Crippen molar-refractivity contribution in [2.75, 3.05) is 24.5 Å². The van der Waals surface area contributed by atoms with Gasteiger partial charge in [-0.15, -0.1) is 11.3 Å². The summed E-state index contributed by atoms with van der Waals surface area (Å²) in [6.07, 6.45) is 4.53. The third-order valence-electron chi connectivity index (χ3n) is 4.89. The molecule has 0 saturated carbocycles. The van der Waals surface area contributed by atoms with Crippen LogP contribution in [-0.2, 0) is 11.2 Å². The van der Waals surface area contributed by atoms with Crippen molar-refractivity contribution in [3.8, 4) is 11.5 Å². The van der Waals surface area contributed by atoms with Crippen LogP contribution in [-0.4, -0.2) is 40.7 Å². The summed E-state index contributed by atoms with van der Waals surface area (Å²) < 4.78 is 5.18. The number of aromatic nitrogens is 3. The molecule has 0 spiro atoms. The molecule has 4 heterocycles. The number of carbonyl (C=O) groups is 1. The molecule has 1 fully saturated rings. The molecule has 1 amide bonds. The lowest BCUT2D eigenvalue weighted by Gasteiger charge is -2.32. The lowest BCUT2D eigenvalue weighted by atomic mass is 9.97. The highest BCUT2D eigenvalue weighted by molar-refractivity contribution is 7.09. The van der Waals surface area contributed by atoms with Crippen molar-refractivity contribution in [2.45, 2.75) is 26.2 Å². The van der Waals surface area contributed by atoms with Gasteiger partial charge in [-0.25, -0.2) is 4.98 Å². The molecule has 8 heteroatoms. The number of nitrogens with one attached hydrogen (secondary N) is 1. The zero-order valence-corrected chi connectivity index (χ0v) is 16.6. The van der Waals surface area contributed by atoms with E-state index in [0.29, 0.717) is 24.8 Å². The number of nitrogens with zero attached hydrogens (tertiary/aromatic N) is 4. The van der Waals surface area contributed by atoms with Crippen LogP contribution in [0.1, 0.15) is 23.5 Å². The fourth-order valence-corrected chi connectivity index (χ4v) is 4.13. The maximum Gasteiger partial charge on any atom is 0.259 e. The Morgan fingerprint density at radius 3 is 3.04 bits per heavy atom. The first-order valence-corrected chi connectivity index (χ1v) is 10.4. The molecule has 4 rings (SSSR count). The minimum Gasteiger partial charge on any atom is -0.356 e. The Labute approximate surface area is 167 Å². The predicted octanol–water partition coefficient (Wildman–Crippen LogP) is 3.08. The number of pyridine rings is 1. The lowest BCUT2D eigenvalue weighted by molar-refractivity contribution is -0.125. The molecule has 0 radical (unpaired) electrons. The summed E-state index contributed by atoms with van der Waals surface area (Å²) in [4.78, 5) is 24.8. The van der Waals surface area contributed by atoms with Crippen LogP contribution in [0.5, 0.6) is 0 Å². The van der Waals surface area contributed by atoms with Crippen molar-refractivity contribution >= 4 is 23.1 Å². The van der Waals surface area contributed by atoms with E-state index in [1.54, 1.807) is 24.5 Å². The first-order valence-electron chi connectivity index (χ1n) is 9.51. The van der Waals surface area contributed by atoms with Gasteiger partial charge < -0.3 is 14.7 Å². The molecule has 7 nitrogen and oxygen atoms in total. The highest BCUT2D eigenvalue weighted by atomic mass is 32.1. The second-order valence-electron chi connectivity index (χ2n) is 6.96. The fraction of sp³-hybridized carbons (Fsp3) is 0.400. The molecule has 3 aromatic heterocycles. The number of thiophene rings is 1. The van der Waals surface area contributed by atoms with Gasteiger partial charge in [0.1, 0.15) is 5.82 Å². The molecule has 0 bridgehead atoms. The van der Waals surface area contributed by atoms with Crippen molar-refractivity contribution < 1.29 is 9.32 Å². The Bertz CT molecular complexity index is 907. The summed E-state index contributed by atoms with van der Waals surface area (Å²) in [6.45, 7) is 4.07. The minimum atomic E-state index is -0.00264. The second-order valence-corrected chi connectivity index (χ2v) is 7.99. The van der Waals surface area contributed by atoms with Crippen molar-refractivity contribution in [1.82, 2.24) is 20.4 Å². The van der Waals surface area contributed by atoms with Crippen molar-refractivity contribution in [2.24, 2.45) is 5.92 Å². The highest BCUT2D eigenvalue weighted by Crippen LogP contribution is 2.24. The molecule has 146 valence electrons. The van der Waals surface area contributed by atoms with Gasteiger partial charge in [-0.1, -0.05) is 11.2 Å². The first-order chi connectivity index (χ1) is 13.7. The van der Waals surface area contributed by atoms with Gasteiger partial charge in [0.05, 0.1) is 11.5 Å². The van der Waals surface area contributed by atoms with Gasteiger partial charge >= 0.3 is 0 Å². The summed E-state index contributed by atoms with van der Waals surface area (Å²) in [7, 11) is 0. The average molecular weight is 398 g/mol. The maximum absolute atomic E-state index is 12.6. The molecular formula is C20H23N5O2S. The Balaban J connectivity index is 1.33. The summed E-state index contributed by atoms with van der Waals surface area (Å²) >= 11 is 1.73. The SMILES string of the molecule is Cc1noc(-c2ccc(N3CCC[C@@H](C(=O)NCCc4cccs4)C3)nc2)n1. The van der Waals surface area contributed by atoms with Crippen LogP contribution in [0.15, 0.2) is 40.4 Å². The quantitative estimate of drug-likeness (QED) is 0.688. The van der Waals surface area contributed by atoms with Gasteiger partial charge in [-0.05, 0) is 49.8 Å². The summed E-state index contributed by atoms with van der Waals surface area (Å²) in [6, 6.07) is 8.02. The number of amides is 1. The molecule has 1 aliphatic heterocycles. The van der Waals surface area contributed by atoms with Crippen LogP contribution >= 0.6 is 11.3 Å². The number of piperidine rings is 1. The van der Waals surface area contributed by atoms with E-state index in [1.807, 2.05) is 18.2 Å². The van der Waals surface area contributed by atoms with Crippen molar-refractivity contribution in [1.29, 1.82) is 0 Å². The maximum atomic E-state index is 12.6. The van der Waals surface area contributed by atoms with E-state index in [2.05, 4.69) is 36.8 Å². The van der Waals surface area contributed by atoms with E-state index in [-0.39, 0.29) is 11.8 Å². The Kier molecular flexibility index (Phi) is 5.66. The van der Waals surface area contributed by atoms with Crippen molar-refractivity contribution in [3.05, 3.63) is 46.5 Å². The van der Waals surface area contributed by atoms with Crippen LogP contribution in [0.4, 0.5) is 5.82 Å². The largest absolute Gasteiger partial charge is 0.356 e. The van der Waals surface area contributed by atoms with E-state index in [0.717, 1.165) is 37.2 Å². The molecule has 3 aromatic rings. The van der Waals surface area contributed by atoms with Crippen LogP contribution in [0, 0.1) is 12.8 Å². The van der Waals surface area contributed by atoms with Crippen LogP contribution in [0.3, 0.4) is 0 Å². The van der Waals surface area contributed by atoms with Gasteiger partial charge in [0.25, 0.3) is 5.89 Å². The number of hydrogen-bond donors (Lipinski definition) is 1. The van der Waals surface area contributed by atoms with Gasteiger partial charge in [0, 0.05) is 30.7 Å². The monoisotopic (exact) mass is 397 g/mol. The summed E-state index contributed by atoms with van der Waals surface area (Å²) in [5.41, 5.74) is 0.796. The number of rotatable bonds is 6. The van der Waals surface area contributed by atoms with Gasteiger partial charge in [-0.3, -0.25) is 4.79 Å². The smallest absolute Gasteiger partial charge is 0.259 e. The molecule has 1 aliphatic rings. The van der Waals surface area contributed by atoms with E-state index in [4.69, 9.17) is 4.52 Å². The Hall–Kier alpha value is -2.74. The van der Waals surface area contributed by atoms with Crippen LogP contribution in [0.25, 0.3) is 11.5 Å². The van der Waals surface area contributed by atoms with Gasteiger partial charge in [0.2, 0.25) is 5.91 Å². The number of anilines is 1. The second kappa shape index (κ2) is 8.52. The van der Waals surface area contributed by atoms with E-state index >= 15 is 0 Å². The lowest BCUT2D eigenvalue weighted by Crippen LogP contribution is -2.43. The Morgan fingerprint density at radius 2 is 2.32 bits per heavy atom. The molecule has 0 aromatic carbocycles. The molecule has 1 N–H and O–H groups in total. The molecular weight excluding hydrogens is 374 g/mol. The number of carbonyl (C=O) groups excluding carboxylic acids is 1. The van der Waals surface area contributed by atoms with Crippen LogP contribution < -0.4 is 10.2 Å². The normalized spacial score (nSPS) is 16.9. The molecule has 1 atom stereocenters. The molecule has 0 aliphatic carbocycles. The highest BCUT2D eigenvalue weighted by Gasteiger charge is 2.26. The summed E-state index contributed by atoms with van der Waals surface area (Å²) in [5.74, 6) is 2.08. The van der Waals surface area contributed by atoms with Gasteiger partial charge in [-0.2, -0.15) is 4.98 Å². The molecule has 0 unspecified atom stereocenters. The fourth-order valence-electron chi connectivity index (χ4n) is 3.42. The zero-order chi connectivity index (χ0) is 19.3. The van der Waals surface area contributed by atoms with E-state index < -0.39 is 0 Å². The number of aryl methyl sites for hydroxylation is 1. The topological polar surface area (TPSA) is 84.2 Å². The minimum absolute atomic E-state index is 0.00264. The average Bonchev–Trinajstić information content (AvgIpc) is 3.40. The van der Waals surface area contributed by atoms with Crippen LogP contribution in [0.2, 0.25) is 0 Å². The standard InChI is InChI=1S/C20H23N5O2S/c1-14-23-20(27-24-14)15-6-7-18(22-12-15)25-10-2-4-16(13-25)19(26)21-9-8-17-5-3-11-28-17/h3,5-7,11-12,16H,2,4,8-10,13H2,1H3,(H,21,26)/t16-/m1/s1. The van der Waals surface area contributed by atoms with E-state index in [9.17, 15) is 4.79 Å². The first kappa shape index (κ1) is 18.6. The zero-order valence-electron chi connectivity index (χ0n) is 15.8. The third kappa shape index (κ3) is 4.39. The number of hydrogen-bond acceptors (Lipinski definition) is 7. The third-order valence-corrected chi connectivity index (χ3v) is 5.83. The Morgan fingerprint density at radius 1 is 1.39 bits per heavy atom. The predicted molar refractivity (Wildman–Crippen MR) is 108 cm³/mol. The van der Waals surface area contributed by atoms with E-state index in [1.165, 1.54) is 4.88 Å². The van der Waals surface area contributed by atoms with Crippen molar-refractivity contribution in [3.63, 3.8) is 0 Å².